The van der Waals surface area contributed by atoms with E-state index in [1.165, 1.54) is 0 Å². The minimum absolute atomic E-state index is 0.125. The molecule has 2 aromatic rings. The average molecular weight is 337 g/mol. The number of esters is 1. The van der Waals surface area contributed by atoms with Crippen molar-refractivity contribution in [3.8, 4) is 6.07 Å². The van der Waals surface area contributed by atoms with Crippen LogP contribution in [0.5, 0.6) is 0 Å². The summed E-state index contributed by atoms with van der Waals surface area (Å²) in [4.78, 5) is 23.5. The van der Waals surface area contributed by atoms with Crippen molar-refractivity contribution in [2.24, 2.45) is 0 Å². The van der Waals surface area contributed by atoms with Gasteiger partial charge in [-0.2, -0.15) is 5.26 Å². The lowest BCUT2D eigenvalue weighted by Gasteiger charge is -2.08. The van der Waals surface area contributed by atoms with Crippen LogP contribution in [0.2, 0.25) is 0 Å². The Morgan fingerprint density at radius 3 is 2.28 bits per heavy atom. The molecule has 0 atom stereocenters. The molecule has 0 spiro atoms. The average Bonchev–Trinajstić information content (AvgIpc) is 2.63. The van der Waals surface area contributed by atoms with Crippen LogP contribution in [0.25, 0.3) is 0 Å². The number of nitrogens with one attached hydrogen (secondary N) is 2. The fraction of sp³-hybridized carbons (Fsp3) is 0.211. The highest BCUT2D eigenvalue weighted by Crippen LogP contribution is 2.11. The summed E-state index contributed by atoms with van der Waals surface area (Å²) >= 11 is 0. The van der Waals surface area contributed by atoms with E-state index in [0.717, 1.165) is 5.69 Å². The second-order valence-corrected chi connectivity index (χ2v) is 5.21. The minimum atomic E-state index is -0.351. The number of hydrogen-bond acceptors (Lipinski definition) is 5. The lowest BCUT2D eigenvalue weighted by atomic mass is 10.2. The molecule has 0 aliphatic heterocycles. The van der Waals surface area contributed by atoms with Gasteiger partial charge in [0.05, 0.1) is 23.8 Å². The summed E-state index contributed by atoms with van der Waals surface area (Å²) in [6.07, 6.45) is 0.291. The van der Waals surface area contributed by atoms with Crippen LogP contribution in [0.1, 0.15) is 29.3 Å². The Balaban J connectivity index is 1.76. The van der Waals surface area contributed by atoms with E-state index in [1.54, 1.807) is 55.5 Å². The van der Waals surface area contributed by atoms with Gasteiger partial charge in [0.1, 0.15) is 0 Å². The zero-order valence-corrected chi connectivity index (χ0v) is 13.9. The van der Waals surface area contributed by atoms with Gasteiger partial charge in [0, 0.05) is 24.3 Å². The SMILES string of the molecule is CCOC(=O)c1ccc(NCCC(=O)Nc2ccc(C#N)cc2)cc1. The van der Waals surface area contributed by atoms with Gasteiger partial charge >= 0.3 is 5.97 Å². The first-order valence-corrected chi connectivity index (χ1v) is 7.93. The number of nitrogens with zero attached hydrogens (tertiary/aromatic N) is 1. The Hall–Kier alpha value is -3.33. The summed E-state index contributed by atoms with van der Waals surface area (Å²) in [6.45, 7) is 2.56. The highest BCUT2D eigenvalue weighted by molar-refractivity contribution is 5.91. The van der Waals surface area contributed by atoms with E-state index >= 15 is 0 Å². The Kier molecular flexibility index (Phi) is 6.55. The van der Waals surface area contributed by atoms with Crippen molar-refractivity contribution in [3.05, 3.63) is 59.7 Å². The molecule has 0 aliphatic rings. The largest absolute Gasteiger partial charge is 0.462 e. The first-order chi connectivity index (χ1) is 12.1. The standard InChI is InChI=1S/C19H19N3O3/c1-2-25-19(24)15-5-9-16(10-6-15)21-12-11-18(23)22-17-7-3-14(13-20)4-8-17/h3-10,21H,2,11-12H2,1H3,(H,22,23). The lowest BCUT2D eigenvalue weighted by molar-refractivity contribution is -0.115. The van der Waals surface area contributed by atoms with Crippen molar-refractivity contribution in [1.29, 1.82) is 5.26 Å². The van der Waals surface area contributed by atoms with Crippen LogP contribution >= 0.6 is 0 Å². The quantitative estimate of drug-likeness (QED) is 0.757. The van der Waals surface area contributed by atoms with Gasteiger partial charge in [-0.25, -0.2) is 4.79 Å². The molecule has 128 valence electrons. The van der Waals surface area contributed by atoms with Crippen molar-refractivity contribution in [3.63, 3.8) is 0 Å². The number of carbonyl (C=O) groups excluding carboxylic acids is 2. The highest BCUT2D eigenvalue weighted by Gasteiger charge is 2.06. The molecular formula is C19H19N3O3. The molecule has 0 bridgehead atoms. The number of hydrogen-bond donors (Lipinski definition) is 2. The zero-order chi connectivity index (χ0) is 18.1. The number of rotatable bonds is 7. The van der Waals surface area contributed by atoms with Crippen LogP contribution in [0.15, 0.2) is 48.5 Å². The minimum Gasteiger partial charge on any atom is -0.462 e. The Morgan fingerprint density at radius 1 is 1.04 bits per heavy atom. The molecule has 0 aliphatic carbocycles. The first-order valence-electron chi connectivity index (χ1n) is 7.93. The molecule has 6 nitrogen and oxygen atoms in total. The monoisotopic (exact) mass is 337 g/mol. The van der Waals surface area contributed by atoms with Gasteiger partial charge in [-0.05, 0) is 55.5 Å². The van der Waals surface area contributed by atoms with E-state index in [4.69, 9.17) is 10.00 Å². The van der Waals surface area contributed by atoms with Crippen LogP contribution in [-0.4, -0.2) is 25.0 Å². The molecule has 0 saturated heterocycles. The van der Waals surface area contributed by atoms with Crippen LogP contribution in [-0.2, 0) is 9.53 Å². The molecule has 0 aromatic heterocycles. The Morgan fingerprint density at radius 2 is 1.68 bits per heavy atom. The molecule has 0 heterocycles. The van der Waals surface area contributed by atoms with Crippen molar-refractivity contribution in [2.45, 2.75) is 13.3 Å². The molecule has 0 saturated carbocycles. The Bertz CT molecular complexity index is 762. The highest BCUT2D eigenvalue weighted by atomic mass is 16.5. The number of nitriles is 1. The third-order valence-corrected chi connectivity index (χ3v) is 3.37. The van der Waals surface area contributed by atoms with Crippen LogP contribution in [0, 0.1) is 11.3 Å². The molecular weight excluding hydrogens is 318 g/mol. The molecule has 2 aromatic carbocycles. The Labute approximate surface area is 146 Å². The topological polar surface area (TPSA) is 91.2 Å². The fourth-order valence-electron chi connectivity index (χ4n) is 2.11. The summed E-state index contributed by atoms with van der Waals surface area (Å²) in [7, 11) is 0. The molecule has 2 rings (SSSR count). The van der Waals surface area contributed by atoms with Crippen molar-refractivity contribution < 1.29 is 14.3 Å². The van der Waals surface area contributed by atoms with Crippen LogP contribution in [0.4, 0.5) is 11.4 Å². The third kappa shape index (κ3) is 5.66. The zero-order valence-electron chi connectivity index (χ0n) is 13.9. The van der Waals surface area contributed by atoms with Gasteiger partial charge in [-0.3, -0.25) is 4.79 Å². The van der Waals surface area contributed by atoms with Crippen LogP contribution in [0.3, 0.4) is 0 Å². The second kappa shape index (κ2) is 9.08. The fourth-order valence-corrected chi connectivity index (χ4v) is 2.11. The first kappa shape index (κ1) is 18.0. The smallest absolute Gasteiger partial charge is 0.338 e. The van der Waals surface area contributed by atoms with Gasteiger partial charge in [0.2, 0.25) is 5.91 Å². The van der Waals surface area contributed by atoms with E-state index in [-0.39, 0.29) is 11.9 Å². The van der Waals surface area contributed by atoms with E-state index in [1.807, 2.05) is 6.07 Å². The van der Waals surface area contributed by atoms with E-state index in [2.05, 4.69) is 10.6 Å². The van der Waals surface area contributed by atoms with Gasteiger partial charge in [0.25, 0.3) is 0 Å². The predicted molar refractivity (Wildman–Crippen MR) is 95.3 cm³/mol. The molecule has 2 N–H and O–H groups in total. The molecule has 25 heavy (non-hydrogen) atoms. The maximum absolute atomic E-state index is 11.9. The van der Waals surface area contributed by atoms with Gasteiger partial charge in [-0.15, -0.1) is 0 Å². The number of anilines is 2. The molecule has 1 amide bonds. The molecule has 6 heteroatoms. The lowest BCUT2D eigenvalue weighted by Crippen LogP contribution is -2.16. The van der Waals surface area contributed by atoms with Gasteiger partial charge < -0.3 is 15.4 Å². The molecule has 0 radical (unpaired) electrons. The van der Waals surface area contributed by atoms with Crippen LogP contribution < -0.4 is 10.6 Å². The number of benzene rings is 2. The van der Waals surface area contributed by atoms with Gasteiger partial charge in [0.15, 0.2) is 0 Å². The number of ether oxygens (including phenoxy) is 1. The van der Waals surface area contributed by atoms with E-state index in [0.29, 0.717) is 36.4 Å². The van der Waals surface area contributed by atoms with Crippen molar-refractivity contribution in [2.75, 3.05) is 23.8 Å². The summed E-state index contributed by atoms with van der Waals surface area (Å²) < 4.78 is 4.92. The molecule has 0 fully saturated rings. The maximum Gasteiger partial charge on any atom is 0.338 e. The summed E-state index contributed by atoms with van der Waals surface area (Å²) in [5.74, 6) is -0.476. The van der Waals surface area contributed by atoms with E-state index in [9.17, 15) is 9.59 Å². The normalized spacial score (nSPS) is 9.76. The summed E-state index contributed by atoms with van der Waals surface area (Å²) in [5.41, 5.74) is 2.51. The molecule has 0 unspecified atom stereocenters. The van der Waals surface area contributed by atoms with Crippen molar-refractivity contribution >= 4 is 23.3 Å². The predicted octanol–water partition coefficient (Wildman–Crippen LogP) is 3.18. The van der Waals surface area contributed by atoms with E-state index < -0.39 is 0 Å². The maximum atomic E-state index is 11.9. The summed E-state index contributed by atoms with van der Waals surface area (Å²) in [5, 5.41) is 14.6. The summed E-state index contributed by atoms with van der Waals surface area (Å²) in [6, 6.07) is 15.6. The second-order valence-electron chi connectivity index (χ2n) is 5.21. The third-order valence-electron chi connectivity index (χ3n) is 3.37. The number of amides is 1. The van der Waals surface area contributed by atoms with Gasteiger partial charge in [-0.1, -0.05) is 0 Å². The number of carbonyl (C=O) groups is 2. The van der Waals surface area contributed by atoms with Crippen molar-refractivity contribution in [1.82, 2.24) is 0 Å².